The average molecular weight is 371 g/mol. The number of rotatable bonds is 5. The van der Waals surface area contributed by atoms with Gasteiger partial charge in [0.2, 0.25) is 5.91 Å². The zero-order valence-electron chi connectivity index (χ0n) is 15.2. The summed E-state index contributed by atoms with van der Waals surface area (Å²) in [5.74, 6) is 0.676. The molecule has 0 bridgehead atoms. The van der Waals surface area contributed by atoms with Crippen molar-refractivity contribution in [2.24, 2.45) is 5.73 Å². The summed E-state index contributed by atoms with van der Waals surface area (Å²) in [5.41, 5.74) is 7.85. The molecule has 0 saturated carbocycles. The van der Waals surface area contributed by atoms with Crippen LogP contribution < -0.4 is 16.0 Å². The Morgan fingerprint density at radius 1 is 1.38 bits per heavy atom. The Bertz CT molecular complexity index is 1050. The van der Waals surface area contributed by atoms with Gasteiger partial charge in [0.15, 0.2) is 0 Å². The van der Waals surface area contributed by atoms with Gasteiger partial charge >= 0.3 is 0 Å². The Labute approximate surface area is 155 Å². The Kier molecular flexibility index (Phi) is 4.82. The molecule has 1 aromatic carbocycles. The largest absolute Gasteiger partial charge is 0.496 e. The average Bonchev–Trinajstić information content (AvgIpc) is 3.04. The van der Waals surface area contributed by atoms with Crippen molar-refractivity contribution in [2.75, 3.05) is 7.11 Å². The van der Waals surface area contributed by atoms with Gasteiger partial charge in [0, 0.05) is 22.9 Å². The van der Waals surface area contributed by atoms with Crippen LogP contribution in [0.4, 0.5) is 0 Å². The van der Waals surface area contributed by atoms with Crippen molar-refractivity contribution in [1.29, 1.82) is 0 Å². The molecule has 0 aliphatic heterocycles. The molecular weight excluding hydrogens is 350 g/mol. The van der Waals surface area contributed by atoms with Gasteiger partial charge in [-0.25, -0.2) is 4.98 Å². The van der Waals surface area contributed by atoms with Crippen LogP contribution in [0.1, 0.15) is 31.3 Å². The lowest BCUT2D eigenvalue weighted by molar-refractivity contribution is -0.120. The lowest BCUT2D eigenvalue weighted by atomic mass is 10.0. The van der Waals surface area contributed by atoms with Crippen LogP contribution in [0.2, 0.25) is 0 Å². The standard InChI is InChI=1S/C19H21N3O3S/c1-5-15-21-18-16(19(24)22(15)11(3)17(20)23)13(9-26-18)12-8-10(2)6-7-14(12)25-4/h6-9,11H,5H2,1-4H3,(H2,20,23). The molecule has 0 radical (unpaired) electrons. The highest BCUT2D eigenvalue weighted by molar-refractivity contribution is 7.17. The van der Waals surface area contributed by atoms with E-state index in [4.69, 9.17) is 10.5 Å². The molecule has 6 nitrogen and oxygen atoms in total. The van der Waals surface area contributed by atoms with E-state index in [0.717, 1.165) is 16.7 Å². The Hall–Kier alpha value is -2.67. The second kappa shape index (κ2) is 6.92. The summed E-state index contributed by atoms with van der Waals surface area (Å²) in [5, 5.41) is 2.40. The van der Waals surface area contributed by atoms with Crippen LogP contribution in [-0.2, 0) is 11.2 Å². The summed E-state index contributed by atoms with van der Waals surface area (Å²) in [4.78, 5) is 30.3. The van der Waals surface area contributed by atoms with Crippen molar-refractivity contribution in [2.45, 2.75) is 33.2 Å². The molecule has 3 rings (SSSR count). The summed E-state index contributed by atoms with van der Waals surface area (Å²) < 4.78 is 6.88. The predicted molar refractivity (Wildman–Crippen MR) is 104 cm³/mol. The van der Waals surface area contributed by atoms with Gasteiger partial charge in [-0.1, -0.05) is 18.6 Å². The van der Waals surface area contributed by atoms with Crippen LogP contribution in [0.3, 0.4) is 0 Å². The van der Waals surface area contributed by atoms with E-state index in [-0.39, 0.29) is 5.56 Å². The quantitative estimate of drug-likeness (QED) is 0.747. The van der Waals surface area contributed by atoms with Gasteiger partial charge in [0.05, 0.1) is 12.5 Å². The number of aromatic nitrogens is 2. The van der Waals surface area contributed by atoms with Crippen LogP contribution in [0.15, 0.2) is 28.4 Å². The summed E-state index contributed by atoms with van der Waals surface area (Å²) in [6.07, 6.45) is 0.532. The molecule has 2 aromatic heterocycles. The number of ether oxygens (including phenoxy) is 1. The molecule has 1 unspecified atom stereocenters. The normalized spacial score (nSPS) is 12.3. The Morgan fingerprint density at radius 2 is 2.12 bits per heavy atom. The van der Waals surface area contributed by atoms with Gasteiger partial charge in [-0.2, -0.15) is 0 Å². The molecule has 7 heteroatoms. The number of nitrogens with two attached hydrogens (primary N) is 1. The van der Waals surface area contributed by atoms with Gasteiger partial charge in [-0.05, 0) is 26.0 Å². The second-order valence-corrected chi connectivity index (χ2v) is 7.03. The molecule has 0 saturated heterocycles. The molecule has 0 fully saturated rings. The van der Waals surface area contributed by atoms with Crippen molar-refractivity contribution in [1.82, 2.24) is 9.55 Å². The zero-order chi connectivity index (χ0) is 19.0. The minimum Gasteiger partial charge on any atom is -0.496 e. The molecular formula is C19H21N3O3S. The highest BCUT2D eigenvalue weighted by Gasteiger charge is 2.23. The number of hydrogen-bond acceptors (Lipinski definition) is 5. The van der Waals surface area contributed by atoms with E-state index < -0.39 is 11.9 Å². The Morgan fingerprint density at radius 3 is 2.73 bits per heavy atom. The smallest absolute Gasteiger partial charge is 0.263 e. The van der Waals surface area contributed by atoms with Gasteiger partial charge < -0.3 is 10.5 Å². The molecule has 1 atom stereocenters. The van der Waals surface area contributed by atoms with Gasteiger partial charge in [0.1, 0.15) is 22.4 Å². The maximum atomic E-state index is 13.3. The fourth-order valence-electron chi connectivity index (χ4n) is 3.05. The summed E-state index contributed by atoms with van der Waals surface area (Å²) in [7, 11) is 1.60. The van der Waals surface area contributed by atoms with Gasteiger partial charge in [0.25, 0.3) is 5.56 Å². The molecule has 0 spiro atoms. The maximum Gasteiger partial charge on any atom is 0.263 e. The monoisotopic (exact) mass is 371 g/mol. The van der Waals surface area contributed by atoms with Crippen LogP contribution in [0.25, 0.3) is 21.3 Å². The molecule has 26 heavy (non-hydrogen) atoms. The number of thiophene rings is 1. The predicted octanol–water partition coefficient (Wildman–Crippen LogP) is 3.05. The minimum absolute atomic E-state index is 0.252. The second-order valence-electron chi connectivity index (χ2n) is 6.17. The van der Waals surface area contributed by atoms with Gasteiger partial charge in [-0.15, -0.1) is 11.3 Å². The number of carbonyl (C=O) groups excluding carboxylic acids is 1. The maximum absolute atomic E-state index is 13.3. The number of methoxy groups -OCH3 is 1. The van der Waals surface area contributed by atoms with Crippen molar-refractivity contribution >= 4 is 27.5 Å². The topological polar surface area (TPSA) is 87.2 Å². The number of aryl methyl sites for hydroxylation is 2. The zero-order valence-corrected chi connectivity index (χ0v) is 16.0. The SMILES string of the molecule is CCc1nc2scc(-c3cc(C)ccc3OC)c2c(=O)n1C(C)C(N)=O. The van der Waals surface area contributed by atoms with Crippen LogP contribution in [0, 0.1) is 6.92 Å². The number of nitrogens with zero attached hydrogens (tertiary/aromatic N) is 2. The van der Waals surface area contributed by atoms with Crippen LogP contribution >= 0.6 is 11.3 Å². The number of fused-ring (bicyclic) bond motifs is 1. The first-order valence-electron chi connectivity index (χ1n) is 8.36. The van der Waals surface area contributed by atoms with E-state index in [9.17, 15) is 9.59 Å². The molecule has 2 N–H and O–H groups in total. The number of carbonyl (C=O) groups is 1. The van der Waals surface area contributed by atoms with E-state index >= 15 is 0 Å². The van der Waals surface area contributed by atoms with Crippen molar-refractivity contribution < 1.29 is 9.53 Å². The first-order chi connectivity index (χ1) is 12.4. The van der Waals surface area contributed by atoms with E-state index in [0.29, 0.717) is 28.2 Å². The molecule has 1 amide bonds. The van der Waals surface area contributed by atoms with Crippen molar-refractivity contribution in [3.05, 3.63) is 45.3 Å². The fraction of sp³-hybridized carbons (Fsp3) is 0.316. The third kappa shape index (κ3) is 2.88. The summed E-state index contributed by atoms with van der Waals surface area (Å²) in [6.45, 7) is 5.50. The van der Waals surface area contributed by atoms with Crippen molar-refractivity contribution in [3.8, 4) is 16.9 Å². The van der Waals surface area contributed by atoms with E-state index in [1.807, 2.05) is 37.4 Å². The third-order valence-corrected chi connectivity index (χ3v) is 5.35. The number of primary amides is 1. The first kappa shape index (κ1) is 18.1. The molecule has 136 valence electrons. The number of benzene rings is 1. The first-order valence-corrected chi connectivity index (χ1v) is 9.23. The van der Waals surface area contributed by atoms with E-state index in [1.165, 1.54) is 15.9 Å². The third-order valence-electron chi connectivity index (χ3n) is 4.47. The molecule has 0 aliphatic carbocycles. The molecule has 3 aromatic rings. The van der Waals surface area contributed by atoms with Crippen LogP contribution in [0.5, 0.6) is 5.75 Å². The lowest BCUT2D eigenvalue weighted by Gasteiger charge is -2.16. The summed E-state index contributed by atoms with van der Waals surface area (Å²) in [6, 6.07) is 5.06. The summed E-state index contributed by atoms with van der Waals surface area (Å²) >= 11 is 1.41. The fourth-order valence-corrected chi connectivity index (χ4v) is 4.00. The number of amides is 1. The van der Waals surface area contributed by atoms with Crippen LogP contribution in [-0.4, -0.2) is 22.6 Å². The highest BCUT2D eigenvalue weighted by Crippen LogP contribution is 2.37. The highest BCUT2D eigenvalue weighted by atomic mass is 32.1. The molecule has 2 heterocycles. The van der Waals surface area contributed by atoms with Crippen molar-refractivity contribution in [3.63, 3.8) is 0 Å². The Balaban J connectivity index is 2.38. The number of hydrogen-bond donors (Lipinski definition) is 1. The molecule has 0 aliphatic rings. The van der Waals surface area contributed by atoms with E-state index in [2.05, 4.69) is 4.98 Å². The van der Waals surface area contributed by atoms with Gasteiger partial charge in [-0.3, -0.25) is 14.2 Å². The lowest BCUT2D eigenvalue weighted by Crippen LogP contribution is -2.34. The minimum atomic E-state index is -0.762. The van der Waals surface area contributed by atoms with E-state index in [1.54, 1.807) is 14.0 Å².